The van der Waals surface area contributed by atoms with Crippen molar-refractivity contribution in [3.05, 3.63) is 23.4 Å². The Morgan fingerprint density at radius 3 is 2.67 bits per heavy atom. The second-order valence-corrected chi connectivity index (χ2v) is 5.05. The van der Waals surface area contributed by atoms with Crippen LogP contribution < -0.4 is 10.2 Å². The van der Waals surface area contributed by atoms with Gasteiger partial charge in [0.05, 0.1) is 13.2 Å². The lowest BCUT2D eigenvalue weighted by molar-refractivity contribution is 0.122. The van der Waals surface area contributed by atoms with Gasteiger partial charge in [-0.15, -0.1) is 0 Å². The predicted molar refractivity (Wildman–Crippen MR) is 74.0 cm³/mol. The van der Waals surface area contributed by atoms with Gasteiger partial charge in [0.25, 0.3) is 0 Å². The van der Waals surface area contributed by atoms with E-state index in [1.165, 1.54) is 5.56 Å². The lowest BCUT2D eigenvalue weighted by atomic mass is 10.2. The van der Waals surface area contributed by atoms with Crippen molar-refractivity contribution in [1.29, 1.82) is 0 Å². The highest BCUT2D eigenvalue weighted by Gasteiger charge is 2.13. The molecule has 0 saturated carbocycles. The number of anilines is 1. The van der Waals surface area contributed by atoms with Gasteiger partial charge in [0, 0.05) is 31.4 Å². The van der Waals surface area contributed by atoms with Crippen molar-refractivity contribution < 1.29 is 4.74 Å². The number of hydrogen-bond donors (Lipinski definition) is 1. The molecule has 100 valence electrons. The lowest BCUT2D eigenvalue weighted by Crippen LogP contribution is -2.36. The van der Waals surface area contributed by atoms with Gasteiger partial charge < -0.3 is 15.0 Å². The minimum atomic E-state index is 0.503. The topological polar surface area (TPSA) is 37.4 Å². The first kappa shape index (κ1) is 13.3. The zero-order chi connectivity index (χ0) is 13.0. The van der Waals surface area contributed by atoms with Crippen LogP contribution in [0, 0.1) is 6.92 Å². The Morgan fingerprint density at radius 2 is 2.06 bits per heavy atom. The van der Waals surface area contributed by atoms with Gasteiger partial charge in [-0.05, 0) is 18.6 Å². The number of nitrogens with zero attached hydrogens (tertiary/aromatic N) is 2. The lowest BCUT2D eigenvalue weighted by Gasteiger charge is -2.28. The minimum Gasteiger partial charge on any atom is -0.378 e. The highest BCUT2D eigenvalue weighted by molar-refractivity contribution is 5.42. The van der Waals surface area contributed by atoms with Gasteiger partial charge in [-0.3, -0.25) is 0 Å². The summed E-state index contributed by atoms with van der Waals surface area (Å²) in [5.74, 6) is 1.07. The normalized spacial score (nSPS) is 16.3. The van der Waals surface area contributed by atoms with E-state index in [-0.39, 0.29) is 0 Å². The molecule has 0 radical (unpaired) electrons. The molecule has 0 unspecified atom stereocenters. The number of ether oxygens (including phenoxy) is 1. The average Bonchev–Trinajstić information content (AvgIpc) is 2.38. The predicted octanol–water partition coefficient (Wildman–Crippen LogP) is 1.72. The first-order valence-corrected chi connectivity index (χ1v) is 6.69. The molecule has 1 N–H and O–H groups in total. The third-order valence-electron chi connectivity index (χ3n) is 3.22. The van der Waals surface area contributed by atoms with E-state index in [2.05, 4.69) is 43.1 Å². The van der Waals surface area contributed by atoms with Crippen molar-refractivity contribution in [3.8, 4) is 0 Å². The van der Waals surface area contributed by atoms with Crippen LogP contribution in [0.1, 0.15) is 25.1 Å². The van der Waals surface area contributed by atoms with E-state index in [1.807, 2.05) is 0 Å². The summed E-state index contributed by atoms with van der Waals surface area (Å²) in [6.07, 6.45) is 0. The number of rotatable bonds is 4. The van der Waals surface area contributed by atoms with E-state index >= 15 is 0 Å². The molecule has 0 spiro atoms. The maximum Gasteiger partial charge on any atom is 0.128 e. The molecule has 1 aliphatic heterocycles. The molecule has 18 heavy (non-hydrogen) atoms. The van der Waals surface area contributed by atoms with Gasteiger partial charge >= 0.3 is 0 Å². The SMILES string of the molecule is Cc1nc(N2CCOCC2)ccc1CNC(C)C. The summed E-state index contributed by atoms with van der Waals surface area (Å²) in [6.45, 7) is 10.8. The molecule has 1 aromatic rings. The third kappa shape index (κ3) is 3.43. The zero-order valence-electron chi connectivity index (χ0n) is 11.6. The molecule has 0 bridgehead atoms. The van der Waals surface area contributed by atoms with Gasteiger partial charge in [0.1, 0.15) is 5.82 Å². The largest absolute Gasteiger partial charge is 0.378 e. The molecular formula is C14H23N3O. The van der Waals surface area contributed by atoms with Crippen LogP contribution in [0.5, 0.6) is 0 Å². The van der Waals surface area contributed by atoms with Crippen LogP contribution in [0.2, 0.25) is 0 Å². The molecule has 1 aromatic heterocycles. The highest BCUT2D eigenvalue weighted by Crippen LogP contribution is 2.16. The summed E-state index contributed by atoms with van der Waals surface area (Å²) >= 11 is 0. The van der Waals surface area contributed by atoms with Gasteiger partial charge in [0.15, 0.2) is 0 Å². The smallest absolute Gasteiger partial charge is 0.128 e. The summed E-state index contributed by atoms with van der Waals surface area (Å²) in [4.78, 5) is 6.99. The number of hydrogen-bond acceptors (Lipinski definition) is 4. The Morgan fingerprint density at radius 1 is 1.33 bits per heavy atom. The van der Waals surface area contributed by atoms with Crippen molar-refractivity contribution in [3.63, 3.8) is 0 Å². The number of aromatic nitrogens is 1. The van der Waals surface area contributed by atoms with E-state index in [0.717, 1.165) is 44.4 Å². The monoisotopic (exact) mass is 249 g/mol. The fraction of sp³-hybridized carbons (Fsp3) is 0.643. The fourth-order valence-corrected chi connectivity index (χ4v) is 2.05. The van der Waals surface area contributed by atoms with Crippen LogP contribution in [0.25, 0.3) is 0 Å². The van der Waals surface area contributed by atoms with Crippen LogP contribution in [0.4, 0.5) is 5.82 Å². The van der Waals surface area contributed by atoms with Crippen molar-refractivity contribution in [2.24, 2.45) is 0 Å². The Bertz CT molecular complexity index is 387. The second-order valence-electron chi connectivity index (χ2n) is 5.05. The molecule has 0 aliphatic carbocycles. The van der Waals surface area contributed by atoms with Gasteiger partial charge in [-0.2, -0.15) is 0 Å². The molecule has 2 heterocycles. The van der Waals surface area contributed by atoms with E-state index in [4.69, 9.17) is 9.72 Å². The Kier molecular flexibility index (Phi) is 4.55. The van der Waals surface area contributed by atoms with E-state index < -0.39 is 0 Å². The minimum absolute atomic E-state index is 0.503. The number of pyridine rings is 1. The first-order chi connectivity index (χ1) is 8.66. The third-order valence-corrected chi connectivity index (χ3v) is 3.22. The fourth-order valence-electron chi connectivity index (χ4n) is 2.05. The molecule has 0 atom stereocenters. The number of morpholine rings is 1. The average molecular weight is 249 g/mol. The molecule has 0 aromatic carbocycles. The molecule has 4 heteroatoms. The molecule has 4 nitrogen and oxygen atoms in total. The summed E-state index contributed by atoms with van der Waals surface area (Å²) in [6, 6.07) is 4.81. The van der Waals surface area contributed by atoms with Crippen molar-refractivity contribution in [1.82, 2.24) is 10.3 Å². The summed E-state index contributed by atoms with van der Waals surface area (Å²) in [5, 5.41) is 3.43. The molecule has 1 saturated heterocycles. The van der Waals surface area contributed by atoms with Crippen molar-refractivity contribution in [2.45, 2.75) is 33.4 Å². The molecule has 0 amide bonds. The Balaban J connectivity index is 2.04. The van der Waals surface area contributed by atoms with Crippen molar-refractivity contribution >= 4 is 5.82 Å². The van der Waals surface area contributed by atoms with Crippen molar-refractivity contribution in [2.75, 3.05) is 31.2 Å². The summed E-state index contributed by atoms with van der Waals surface area (Å²) in [5.41, 5.74) is 2.40. The Labute approximate surface area is 109 Å². The molecule has 1 aliphatic rings. The quantitative estimate of drug-likeness (QED) is 0.882. The first-order valence-electron chi connectivity index (χ1n) is 6.69. The summed E-state index contributed by atoms with van der Waals surface area (Å²) in [7, 11) is 0. The van der Waals surface area contributed by atoms with Crippen LogP contribution in [0.15, 0.2) is 12.1 Å². The number of nitrogens with one attached hydrogen (secondary N) is 1. The molecular weight excluding hydrogens is 226 g/mol. The Hall–Kier alpha value is -1.13. The van der Waals surface area contributed by atoms with Gasteiger partial charge in [-0.25, -0.2) is 4.98 Å². The molecule has 2 rings (SSSR count). The van der Waals surface area contributed by atoms with Crippen LogP contribution in [0.3, 0.4) is 0 Å². The van der Waals surface area contributed by atoms with E-state index in [9.17, 15) is 0 Å². The van der Waals surface area contributed by atoms with Gasteiger partial charge in [0.2, 0.25) is 0 Å². The number of aryl methyl sites for hydroxylation is 1. The van der Waals surface area contributed by atoms with Crippen LogP contribution in [-0.4, -0.2) is 37.3 Å². The summed E-state index contributed by atoms with van der Waals surface area (Å²) < 4.78 is 5.36. The maximum absolute atomic E-state index is 5.36. The molecule has 1 fully saturated rings. The van der Waals surface area contributed by atoms with Crippen LogP contribution >= 0.6 is 0 Å². The second kappa shape index (κ2) is 6.16. The van der Waals surface area contributed by atoms with E-state index in [0.29, 0.717) is 6.04 Å². The van der Waals surface area contributed by atoms with Gasteiger partial charge in [-0.1, -0.05) is 19.9 Å². The zero-order valence-corrected chi connectivity index (χ0v) is 11.6. The van der Waals surface area contributed by atoms with E-state index in [1.54, 1.807) is 0 Å². The standard InChI is InChI=1S/C14H23N3O/c1-11(2)15-10-13-4-5-14(16-12(13)3)17-6-8-18-9-7-17/h4-5,11,15H,6-10H2,1-3H3. The highest BCUT2D eigenvalue weighted by atomic mass is 16.5. The van der Waals surface area contributed by atoms with Crippen LogP contribution in [-0.2, 0) is 11.3 Å². The maximum atomic E-state index is 5.36.